The van der Waals surface area contributed by atoms with Crippen LogP contribution in [-0.4, -0.2) is 30.7 Å². The Morgan fingerprint density at radius 3 is 2.52 bits per heavy atom. The molecule has 29 heavy (non-hydrogen) atoms. The minimum Gasteiger partial charge on any atom is -0.490 e. The monoisotopic (exact) mass is 404 g/mol. The lowest BCUT2D eigenvalue weighted by molar-refractivity contribution is -0.0498. The first-order valence-corrected chi connectivity index (χ1v) is 9.78. The van der Waals surface area contributed by atoms with Crippen LogP contribution < -0.4 is 14.8 Å². The third-order valence-corrected chi connectivity index (χ3v) is 4.91. The average molecular weight is 404 g/mol. The minimum absolute atomic E-state index is 0.0923. The summed E-state index contributed by atoms with van der Waals surface area (Å²) in [4.78, 5) is 14.0. The highest BCUT2D eigenvalue weighted by molar-refractivity contribution is 5.74. The number of nitrogens with one attached hydrogen (secondary N) is 1. The van der Waals surface area contributed by atoms with Crippen LogP contribution in [0, 0.1) is 0 Å². The van der Waals surface area contributed by atoms with Crippen LogP contribution in [0.1, 0.15) is 36.8 Å². The van der Waals surface area contributed by atoms with Crippen molar-refractivity contribution in [3.05, 3.63) is 59.7 Å². The van der Waals surface area contributed by atoms with Gasteiger partial charge in [-0.05, 0) is 49.4 Å². The molecule has 0 spiro atoms. The third kappa shape index (κ3) is 6.34. The molecule has 0 aromatic heterocycles. The summed E-state index contributed by atoms with van der Waals surface area (Å²) in [6, 6.07) is 13.8. The van der Waals surface area contributed by atoms with E-state index in [1.165, 1.54) is 29.9 Å². The van der Waals surface area contributed by atoms with Gasteiger partial charge in [0.25, 0.3) is 0 Å². The first-order valence-electron chi connectivity index (χ1n) is 9.78. The molecule has 1 aliphatic carbocycles. The number of para-hydroxylation sites is 1. The Hall–Kier alpha value is -2.83. The second kappa shape index (κ2) is 10.1. The van der Waals surface area contributed by atoms with Crippen LogP contribution >= 0.6 is 0 Å². The van der Waals surface area contributed by atoms with E-state index in [2.05, 4.69) is 10.1 Å². The highest BCUT2D eigenvalue weighted by Crippen LogP contribution is 2.26. The Labute approximate surface area is 169 Å². The van der Waals surface area contributed by atoms with Crippen molar-refractivity contribution < 1.29 is 23.0 Å². The lowest BCUT2D eigenvalue weighted by Crippen LogP contribution is -2.36. The fraction of sp³-hybridized carbons (Fsp3) is 0.409. The van der Waals surface area contributed by atoms with Gasteiger partial charge in [-0.15, -0.1) is 0 Å². The SMILES string of the molecule is CN(Cc1ccc(OC(F)F)cc1)C(=O)NCc1ccccc1OC1CCCC1. The first-order chi connectivity index (χ1) is 14.0. The predicted octanol–water partition coefficient (Wildman–Crippen LogP) is 4.95. The largest absolute Gasteiger partial charge is 0.490 e. The number of rotatable bonds is 8. The first kappa shape index (κ1) is 20.9. The van der Waals surface area contributed by atoms with Crippen molar-refractivity contribution in [1.82, 2.24) is 10.2 Å². The zero-order valence-electron chi connectivity index (χ0n) is 16.4. The summed E-state index contributed by atoms with van der Waals surface area (Å²) in [7, 11) is 1.68. The Kier molecular flexibility index (Phi) is 7.27. The van der Waals surface area contributed by atoms with Crippen LogP contribution in [-0.2, 0) is 13.1 Å². The Balaban J connectivity index is 1.51. The van der Waals surface area contributed by atoms with E-state index in [0.29, 0.717) is 13.1 Å². The molecule has 1 N–H and O–H groups in total. The van der Waals surface area contributed by atoms with E-state index in [0.717, 1.165) is 29.7 Å². The maximum absolute atomic E-state index is 12.4. The molecule has 0 saturated heterocycles. The van der Waals surface area contributed by atoms with Gasteiger partial charge in [0.2, 0.25) is 0 Å². The third-order valence-electron chi connectivity index (χ3n) is 4.91. The second-order valence-corrected chi connectivity index (χ2v) is 7.17. The van der Waals surface area contributed by atoms with Gasteiger partial charge >= 0.3 is 12.6 Å². The summed E-state index contributed by atoms with van der Waals surface area (Å²) in [6.07, 6.45) is 4.80. The summed E-state index contributed by atoms with van der Waals surface area (Å²) in [5.41, 5.74) is 1.75. The van der Waals surface area contributed by atoms with E-state index < -0.39 is 6.61 Å². The van der Waals surface area contributed by atoms with Crippen molar-refractivity contribution in [2.24, 2.45) is 0 Å². The lowest BCUT2D eigenvalue weighted by Gasteiger charge is -2.20. The summed E-state index contributed by atoms with van der Waals surface area (Å²) in [5.74, 6) is 0.909. The maximum Gasteiger partial charge on any atom is 0.387 e. The Morgan fingerprint density at radius 1 is 1.14 bits per heavy atom. The Bertz CT molecular complexity index is 793. The summed E-state index contributed by atoms with van der Waals surface area (Å²) in [6.45, 7) is -2.14. The molecule has 2 amide bonds. The van der Waals surface area contributed by atoms with Gasteiger partial charge in [-0.1, -0.05) is 30.3 Å². The van der Waals surface area contributed by atoms with Crippen molar-refractivity contribution in [1.29, 1.82) is 0 Å². The molecule has 0 unspecified atom stereocenters. The normalized spacial score (nSPS) is 14.1. The molecule has 0 aliphatic heterocycles. The number of carbonyl (C=O) groups excluding carboxylic acids is 1. The number of benzene rings is 2. The average Bonchev–Trinajstić information content (AvgIpc) is 3.21. The van der Waals surface area contributed by atoms with Crippen molar-refractivity contribution >= 4 is 6.03 Å². The molecule has 0 radical (unpaired) electrons. The van der Waals surface area contributed by atoms with Crippen LogP contribution in [0.25, 0.3) is 0 Å². The molecule has 3 rings (SSSR count). The van der Waals surface area contributed by atoms with Gasteiger partial charge in [0, 0.05) is 25.7 Å². The number of ether oxygens (including phenoxy) is 2. The van der Waals surface area contributed by atoms with Gasteiger partial charge in [0.15, 0.2) is 0 Å². The van der Waals surface area contributed by atoms with Gasteiger partial charge in [0.05, 0.1) is 6.10 Å². The molecule has 2 aromatic rings. The molecule has 0 atom stereocenters. The zero-order valence-corrected chi connectivity index (χ0v) is 16.4. The van der Waals surface area contributed by atoms with Crippen molar-refractivity contribution in [2.45, 2.75) is 51.5 Å². The van der Waals surface area contributed by atoms with Gasteiger partial charge < -0.3 is 19.7 Å². The predicted molar refractivity (Wildman–Crippen MR) is 106 cm³/mol. The summed E-state index contributed by atoms with van der Waals surface area (Å²) in [5, 5.41) is 2.90. The number of hydrogen-bond acceptors (Lipinski definition) is 3. The van der Waals surface area contributed by atoms with E-state index in [1.54, 1.807) is 19.2 Å². The fourth-order valence-electron chi connectivity index (χ4n) is 3.38. The molecular formula is C22H26F2N2O3. The van der Waals surface area contributed by atoms with Crippen molar-refractivity contribution in [3.63, 3.8) is 0 Å². The molecular weight excluding hydrogens is 378 g/mol. The molecule has 0 heterocycles. The molecule has 7 heteroatoms. The number of urea groups is 1. The van der Waals surface area contributed by atoms with Gasteiger partial charge in [-0.3, -0.25) is 0 Å². The molecule has 1 fully saturated rings. The second-order valence-electron chi connectivity index (χ2n) is 7.17. The highest BCUT2D eigenvalue weighted by Gasteiger charge is 2.18. The number of carbonyl (C=O) groups is 1. The van der Waals surface area contributed by atoms with Crippen LogP contribution in [0.5, 0.6) is 11.5 Å². The summed E-state index contributed by atoms with van der Waals surface area (Å²) >= 11 is 0. The van der Waals surface area contributed by atoms with Gasteiger partial charge in [-0.25, -0.2) is 4.79 Å². The van der Waals surface area contributed by atoms with Crippen LogP contribution in [0.2, 0.25) is 0 Å². The summed E-state index contributed by atoms with van der Waals surface area (Å²) < 4.78 is 34.9. The Morgan fingerprint density at radius 2 is 1.83 bits per heavy atom. The van der Waals surface area contributed by atoms with Crippen molar-refractivity contribution in [3.8, 4) is 11.5 Å². The van der Waals surface area contributed by atoms with E-state index in [-0.39, 0.29) is 17.9 Å². The topological polar surface area (TPSA) is 50.8 Å². The molecule has 1 saturated carbocycles. The van der Waals surface area contributed by atoms with E-state index in [4.69, 9.17) is 4.74 Å². The van der Waals surface area contributed by atoms with E-state index >= 15 is 0 Å². The number of alkyl halides is 2. The highest BCUT2D eigenvalue weighted by atomic mass is 19.3. The smallest absolute Gasteiger partial charge is 0.387 e. The lowest BCUT2D eigenvalue weighted by atomic mass is 10.2. The minimum atomic E-state index is -2.85. The van der Waals surface area contributed by atoms with Crippen LogP contribution in [0.4, 0.5) is 13.6 Å². The van der Waals surface area contributed by atoms with E-state index in [1.807, 2.05) is 24.3 Å². The molecule has 1 aliphatic rings. The standard InChI is InChI=1S/C22H26F2N2O3/c1-26(15-16-10-12-19(13-11-16)29-21(23)24)22(27)25-14-17-6-2-5-9-20(17)28-18-7-3-4-8-18/h2,5-6,9-13,18,21H,3-4,7-8,14-15H2,1H3,(H,25,27). The molecule has 0 bridgehead atoms. The molecule has 156 valence electrons. The maximum atomic E-state index is 12.4. The fourth-order valence-corrected chi connectivity index (χ4v) is 3.38. The van der Waals surface area contributed by atoms with Crippen LogP contribution in [0.15, 0.2) is 48.5 Å². The van der Waals surface area contributed by atoms with Gasteiger partial charge in [0.1, 0.15) is 11.5 Å². The van der Waals surface area contributed by atoms with Gasteiger partial charge in [-0.2, -0.15) is 8.78 Å². The number of amides is 2. The number of nitrogens with zero attached hydrogens (tertiary/aromatic N) is 1. The van der Waals surface area contributed by atoms with E-state index in [9.17, 15) is 13.6 Å². The number of halogens is 2. The van der Waals surface area contributed by atoms with Crippen molar-refractivity contribution in [2.75, 3.05) is 7.05 Å². The van der Waals surface area contributed by atoms with Crippen LogP contribution in [0.3, 0.4) is 0 Å². The molecule has 2 aromatic carbocycles. The molecule has 5 nitrogen and oxygen atoms in total. The number of hydrogen-bond donors (Lipinski definition) is 1. The zero-order chi connectivity index (χ0) is 20.6. The quantitative estimate of drug-likeness (QED) is 0.677.